The van der Waals surface area contributed by atoms with Crippen molar-refractivity contribution in [3.8, 4) is 17.2 Å². The number of aryl methyl sites for hydroxylation is 3. The maximum absolute atomic E-state index is 13.8. The first-order valence-electron chi connectivity index (χ1n) is 12.9. The van der Waals surface area contributed by atoms with Gasteiger partial charge < -0.3 is 14.0 Å². The average molecular weight is 575 g/mol. The Morgan fingerprint density at radius 1 is 0.878 bits per heavy atom. The number of hydrazone groups is 1. The molecular formula is C31H34N4O5S. The number of aromatic nitrogens is 1. The first kappa shape index (κ1) is 29.4. The van der Waals surface area contributed by atoms with Gasteiger partial charge in [-0.1, -0.05) is 35.4 Å². The summed E-state index contributed by atoms with van der Waals surface area (Å²) in [7, 11) is -1.26. The van der Waals surface area contributed by atoms with E-state index in [1.807, 2.05) is 33.8 Å². The summed E-state index contributed by atoms with van der Waals surface area (Å²) in [5, 5.41) is 4.13. The third-order valence-electron chi connectivity index (χ3n) is 6.71. The molecule has 0 aliphatic rings. The number of rotatable bonds is 10. The van der Waals surface area contributed by atoms with Gasteiger partial charge in [-0.05, 0) is 70.2 Å². The van der Waals surface area contributed by atoms with E-state index in [1.54, 1.807) is 30.5 Å². The molecule has 0 atom stereocenters. The van der Waals surface area contributed by atoms with E-state index in [4.69, 9.17) is 9.47 Å². The standard InChI is InChI=1S/C31H34N4O5S/c1-21-7-11-26(12-8-21)34(41(37,38)28-15-16-29(39-5)30(18-28)40-6)20-31(36)33-32-19-25-17-23(3)35(24(25)4)27-13-9-22(2)10-14-27/h7-19H,20H2,1-6H3,(H,33,36)/b32-19+. The van der Waals surface area contributed by atoms with Gasteiger partial charge in [-0.15, -0.1) is 0 Å². The molecule has 1 N–H and O–H groups in total. The smallest absolute Gasteiger partial charge is 0.264 e. The van der Waals surface area contributed by atoms with E-state index in [1.165, 1.54) is 38.0 Å². The van der Waals surface area contributed by atoms with Gasteiger partial charge in [0.2, 0.25) is 0 Å². The van der Waals surface area contributed by atoms with Crippen molar-refractivity contribution in [3.63, 3.8) is 0 Å². The molecule has 214 valence electrons. The molecule has 4 aromatic rings. The molecule has 0 aliphatic heterocycles. The van der Waals surface area contributed by atoms with Gasteiger partial charge in [0.05, 0.1) is 31.0 Å². The SMILES string of the molecule is COc1ccc(S(=O)(=O)N(CC(=O)N/N=C/c2cc(C)n(-c3ccc(C)cc3)c2C)c2ccc(C)cc2)cc1OC. The number of carbonyl (C=O) groups excluding carboxylic acids is 1. The fourth-order valence-corrected chi connectivity index (χ4v) is 5.92. The van der Waals surface area contributed by atoms with E-state index in [9.17, 15) is 13.2 Å². The molecule has 0 bridgehead atoms. The second kappa shape index (κ2) is 12.3. The van der Waals surface area contributed by atoms with Crippen molar-refractivity contribution in [2.75, 3.05) is 25.1 Å². The van der Waals surface area contributed by atoms with Crippen molar-refractivity contribution < 1.29 is 22.7 Å². The van der Waals surface area contributed by atoms with Crippen LogP contribution in [0.1, 0.15) is 28.1 Å². The second-order valence-electron chi connectivity index (χ2n) is 9.65. The van der Waals surface area contributed by atoms with Crippen LogP contribution in [0.2, 0.25) is 0 Å². The highest BCUT2D eigenvalue weighted by Crippen LogP contribution is 2.32. The number of nitrogens with one attached hydrogen (secondary N) is 1. The summed E-state index contributed by atoms with van der Waals surface area (Å²) in [4.78, 5) is 13.0. The Kier molecular flexibility index (Phi) is 8.83. The highest BCUT2D eigenvalue weighted by atomic mass is 32.2. The molecular weight excluding hydrogens is 540 g/mol. The summed E-state index contributed by atoms with van der Waals surface area (Å²) < 4.78 is 41.2. The van der Waals surface area contributed by atoms with Crippen molar-refractivity contribution in [1.29, 1.82) is 0 Å². The molecule has 41 heavy (non-hydrogen) atoms. The quantitative estimate of drug-likeness (QED) is 0.210. The zero-order valence-corrected chi connectivity index (χ0v) is 24.8. The number of anilines is 1. The van der Waals surface area contributed by atoms with Crippen molar-refractivity contribution >= 4 is 27.8 Å². The molecule has 0 saturated carbocycles. The molecule has 9 nitrogen and oxygen atoms in total. The Labute approximate surface area is 241 Å². The summed E-state index contributed by atoms with van der Waals surface area (Å²) in [5.74, 6) is 0.0510. The van der Waals surface area contributed by atoms with Crippen molar-refractivity contribution in [1.82, 2.24) is 9.99 Å². The minimum absolute atomic E-state index is 0.0458. The summed E-state index contributed by atoms with van der Waals surface area (Å²) in [5.41, 5.74) is 8.79. The first-order chi connectivity index (χ1) is 19.5. The summed E-state index contributed by atoms with van der Waals surface area (Å²) in [6.45, 7) is 7.43. The summed E-state index contributed by atoms with van der Waals surface area (Å²) in [6.07, 6.45) is 1.56. The van der Waals surface area contributed by atoms with Gasteiger partial charge in [0.15, 0.2) is 11.5 Å². The predicted octanol–water partition coefficient (Wildman–Crippen LogP) is 5.07. The number of hydrogen-bond acceptors (Lipinski definition) is 6. The van der Waals surface area contributed by atoms with E-state index in [0.717, 1.165) is 32.5 Å². The number of benzene rings is 3. The molecule has 4 rings (SSSR count). The van der Waals surface area contributed by atoms with Gasteiger partial charge in [-0.3, -0.25) is 9.10 Å². The number of methoxy groups -OCH3 is 2. The maximum atomic E-state index is 13.8. The Bertz CT molecular complexity index is 1670. The van der Waals surface area contributed by atoms with Gasteiger partial charge in [-0.2, -0.15) is 5.10 Å². The van der Waals surface area contributed by atoms with E-state index >= 15 is 0 Å². The fourth-order valence-electron chi connectivity index (χ4n) is 4.48. The van der Waals surface area contributed by atoms with E-state index < -0.39 is 22.5 Å². The van der Waals surface area contributed by atoms with Crippen LogP contribution in [0, 0.1) is 27.7 Å². The van der Waals surface area contributed by atoms with Crippen molar-refractivity contribution in [2.24, 2.45) is 5.10 Å². The lowest BCUT2D eigenvalue weighted by Gasteiger charge is -2.24. The topological polar surface area (TPSA) is 102 Å². The van der Waals surface area contributed by atoms with Crippen molar-refractivity contribution in [2.45, 2.75) is 32.6 Å². The van der Waals surface area contributed by atoms with Gasteiger partial charge in [0.1, 0.15) is 6.54 Å². The van der Waals surface area contributed by atoms with E-state index in [2.05, 4.69) is 39.4 Å². The van der Waals surface area contributed by atoms with Crippen molar-refractivity contribution in [3.05, 3.63) is 101 Å². The Balaban J connectivity index is 1.58. The number of hydrogen-bond donors (Lipinski definition) is 1. The molecule has 0 fully saturated rings. The number of amides is 1. The molecule has 10 heteroatoms. The predicted molar refractivity (Wildman–Crippen MR) is 161 cm³/mol. The average Bonchev–Trinajstić information content (AvgIpc) is 3.24. The minimum Gasteiger partial charge on any atom is -0.493 e. The number of sulfonamides is 1. The molecule has 1 aromatic heterocycles. The lowest BCUT2D eigenvalue weighted by atomic mass is 10.2. The molecule has 1 amide bonds. The molecule has 0 spiro atoms. The first-order valence-corrected chi connectivity index (χ1v) is 14.4. The minimum atomic E-state index is -4.16. The van der Waals surface area contributed by atoms with Gasteiger partial charge in [0, 0.05) is 28.7 Å². The van der Waals surface area contributed by atoms with Gasteiger partial charge in [0.25, 0.3) is 15.9 Å². The van der Waals surface area contributed by atoms with Gasteiger partial charge >= 0.3 is 0 Å². The molecule has 1 heterocycles. The van der Waals surface area contributed by atoms with E-state index in [0.29, 0.717) is 11.4 Å². The second-order valence-corrected chi connectivity index (χ2v) is 11.5. The van der Waals surface area contributed by atoms with Crippen LogP contribution in [-0.4, -0.2) is 45.9 Å². The molecule has 0 aliphatic carbocycles. The van der Waals surface area contributed by atoms with Crippen LogP contribution >= 0.6 is 0 Å². The van der Waals surface area contributed by atoms with Crippen LogP contribution in [0.15, 0.2) is 82.8 Å². The molecule has 3 aromatic carbocycles. The van der Waals surface area contributed by atoms with Crippen LogP contribution in [0.4, 0.5) is 5.69 Å². The highest BCUT2D eigenvalue weighted by molar-refractivity contribution is 7.92. The zero-order chi connectivity index (χ0) is 29.7. The summed E-state index contributed by atoms with van der Waals surface area (Å²) in [6, 6.07) is 21.4. The highest BCUT2D eigenvalue weighted by Gasteiger charge is 2.28. The number of nitrogens with zero attached hydrogens (tertiary/aromatic N) is 3. The third kappa shape index (κ3) is 6.44. The fraction of sp³-hybridized carbons (Fsp3) is 0.226. The Morgan fingerprint density at radius 2 is 1.49 bits per heavy atom. The number of carbonyl (C=O) groups is 1. The Hall–Kier alpha value is -4.57. The van der Waals surface area contributed by atoms with Gasteiger partial charge in [-0.25, -0.2) is 13.8 Å². The molecule has 0 saturated heterocycles. The lowest BCUT2D eigenvalue weighted by Crippen LogP contribution is -2.39. The van der Waals surface area contributed by atoms with Crippen LogP contribution in [0.3, 0.4) is 0 Å². The third-order valence-corrected chi connectivity index (χ3v) is 8.48. The van der Waals surface area contributed by atoms with Crippen LogP contribution < -0.4 is 19.2 Å². The Morgan fingerprint density at radius 3 is 2.10 bits per heavy atom. The maximum Gasteiger partial charge on any atom is 0.264 e. The monoisotopic (exact) mass is 574 g/mol. The number of ether oxygens (including phenoxy) is 2. The summed E-state index contributed by atoms with van der Waals surface area (Å²) >= 11 is 0. The lowest BCUT2D eigenvalue weighted by molar-refractivity contribution is -0.119. The van der Waals surface area contributed by atoms with Crippen LogP contribution in [-0.2, 0) is 14.8 Å². The molecule has 0 radical (unpaired) electrons. The largest absolute Gasteiger partial charge is 0.493 e. The zero-order valence-electron chi connectivity index (χ0n) is 24.0. The molecule has 0 unspecified atom stereocenters. The van der Waals surface area contributed by atoms with Crippen LogP contribution in [0.5, 0.6) is 11.5 Å². The normalized spacial score (nSPS) is 11.5. The van der Waals surface area contributed by atoms with E-state index in [-0.39, 0.29) is 10.6 Å². The van der Waals surface area contributed by atoms with Crippen LogP contribution in [0.25, 0.3) is 5.69 Å².